The van der Waals surface area contributed by atoms with E-state index in [0.717, 1.165) is 17.9 Å². The topological polar surface area (TPSA) is 81.2 Å². The number of rotatable bonds is 5. The Morgan fingerprint density at radius 3 is 2.95 bits per heavy atom. The van der Waals surface area contributed by atoms with Crippen LogP contribution in [0, 0.1) is 10.1 Å². The Balaban J connectivity index is 2.07. The van der Waals surface area contributed by atoms with Gasteiger partial charge in [0.05, 0.1) is 4.92 Å². The first kappa shape index (κ1) is 14.0. The number of nitro groups is 1. The molecule has 1 aliphatic carbocycles. The summed E-state index contributed by atoms with van der Waals surface area (Å²) in [5.74, 6) is 1.12. The minimum atomic E-state index is -0.454. The van der Waals surface area contributed by atoms with Crippen molar-refractivity contribution in [2.24, 2.45) is 0 Å². The van der Waals surface area contributed by atoms with Crippen LogP contribution in [0.25, 0.3) is 0 Å². The van der Waals surface area contributed by atoms with Crippen LogP contribution in [0.4, 0.5) is 17.1 Å². The minimum absolute atomic E-state index is 0.0311. The van der Waals surface area contributed by atoms with Gasteiger partial charge in [-0.3, -0.25) is 10.1 Å². The lowest BCUT2D eigenvalue weighted by Gasteiger charge is -2.21. The molecule has 5 nitrogen and oxygen atoms in total. The number of nitrogens with two attached hydrogens (primary N) is 1. The first-order chi connectivity index (χ1) is 9.11. The summed E-state index contributed by atoms with van der Waals surface area (Å²) in [5, 5.41) is 14.8. The number of hydrogen-bond acceptors (Lipinski definition) is 5. The van der Waals surface area contributed by atoms with E-state index in [1.54, 1.807) is 12.1 Å². The molecule has 2 atom stereocenters. The van der Waals surface area contributed by atoms with Crippen molar-refractivity contribution in [2.45, 2.75) is 37.5 Å². The monoisotopic (exact) mass is 281 g/mol. The molecule has 104 valence electrons. The van der Waals surface area contributed by atoms with Gasteiger partial charge in [0.15, 0.2) is 0 Å². The van der Waals surface area contributed by atoms with Crippen molar-refractivity contribution in [1.82, 2.24) is 0 Å². The molecule has 2 rings (SSSR count). The Morgan fingerprint density at radius 1 is 1.53 bits per heavy atom. The summed E-state index contributed by atoms with van der Waals surface area (Å²) in [5.41, 5.74) is 6.76. The van der Waals surface area contributed by atoms with Gasteiger partial charge in [-0.1, -0.05) is 13.3 Å². The highest BCUT2D eigenvalue weighted by atomic mass is 32.2. The van der Waals surface area contributed by atoms with E-state index in [1.807, 2.05) is 11.8 Å². The van der Waals surface area contributed by atoms with Crippen LogP contribution >= 0.6 is 11.8 Å². The fourth-order valence-electron chi connectivity index (χ4n) is 2.53. The average molecular weight is 281 g/mol. The molecule has 0 saturated heterocycles. The van der Waals surface area contributed by atoms with Crippen molar-refractivity contribution >= 4 is 28.8 Å². The lowest BCUT2D eigenvalue weighted by atomic mass is 10.2. The Labute approximate surface area is 117 Å². The first-order valence-corrected chi connectivity index (χ1v) is 7.58. The van der Waals surface area contributed by atoms with E-state index < -0.39 is 4.92 Å². The molecule has 0 amide bonds. The molecule has 0 aromatic heterocycles. The number of nitrogens with zero attached hydrogens (tertiary/aromatic N) is 1. The zero-order valence-corrected chi connectivity index (χ0v) is 11.8. The predicted molar refractivity (Wildman–Crippen MR) is 80.7 cm³/mol. The molecule has 0 bridgehead atoms. The van der Waals surface area contributed by atoms with Gasteiger partial charge in [0, 0.05) is 23.0 Å². The van der Waals surface area contributed by atoms with Crippen molar-refractivity contribution < 1.29 is 4.92 Å². The number of anilines is 2. The normalized spacial score (nSPS) is 22.4. The molecule has 1 saturated carbocycles. The maximum Gasteiger partial charge on any atom is 0.292 e. The molecule has 3 N–H and O–H groups in total. The molecule has 19 heavy (non-hydrogen) atoms. The second-order valence-corrected chi connectivity index (χ2v) is 6.22. The minimum Gasteiger partial charge on any atom is -0.393 e. The van der Waals surface area contributed by atoms with Gasteiger partial charge in [-0.2, -0.15) is 11.8 Å². The van der Waals surface area contributed by atoms with Gasteiger partial charge in [0.25, 0.3) is 5.69 Å². The molecule has 1 aromatic rings. The number of benzene rings is 1. The van der Waals surface area contributed by atoms with Crippen molar-refractivity contribution in [3.63, 3.8) is 0 Å². The highest BCUT2D eigenvalue weighted by Gasteiger charge is 2.27. The molecule has 0 radical (unpaired) electrons. The summed E-state index contributed by atoms with van der Waals surface area (Å²) >= 11 is 1.98. The third kappa shape index (κ3) is 3.32. The molecule has 1 aliphatic rings. The molecule has 1 aromatic carbocycles. The maximum absolute atomic E-state index is 10.7. The highest BCUT2D eigenvalue weighted by molar-refractivity contribution is 7.99. The lowest BCUT2D eigenvalue weighted by Crippen LogP contribution is -2.26. The maximum atomic E-state index is 10.7. The van der Waals surface area contributed by atoms with Crippen molar-refractivity contribution in [1.29, 1.82) is 0 Å². The van der Waals surface area contributed by atoms with E-state index in [-0.39, 0.29) is 11.4 Å². The third-order valence-corrected chi connectivity index (χ3v) is 4.74. The van der Waals surface area contributed by atoms with Gasteiger partial charge in [0.1, 0.15) is 5.69 Å². The summed E-state index contributed by atoms with van der Waals surface area (Å²) in [4.78, 5) is 10.3. The fraction of sp³-hybridized carbons (Fsp3) is 0.538. The van der Waals surface area contributed by atoms with Crippen LogP contribution < -0.4 is 11.1 Å². The van der Waals surface area contributed by atoms with Crippen molar-refractivity contribution in [3.05, 3.63) is 28.3 Å². The SMILES string of the molecule is CCSC1CCCC1Nc1ccc([N+](=O)[O-])c(N)c1. The number of thioether (sulfide) groups is 1. The van der Waals surface area contributed by atoms with Gasteiger partial charge >= 0.3 is 0 Å². The number of hydrogen-bond donors (Lipinski definition) is 2. The molecular weight excluding hydrogens is 262 g/mol. The van der Waals surface area contributed by atoms with E-state index in [0.29, 0.717) is 11.3 Å². The van der Waals surface area contributed by atoms with Crippen molar-refractivity contribution in [3.8, 4) is 0 Å². The Bertz CT molecular complexity index is 467. The summed E-state index contributed by atoms with van der Waals surface area (Å²) in [6.07, 6.45) is 3.62. The molecule has 2 unspecified atom stereocenters. The molecule has 6 heteroatoms. The van der Waals surface area contributed by atoms with Gasteiger partial charge in [0.2, 0.25) is 0 Å². The van der Waals surface area contributed by atoms with Gasteiger partial charge in [-0.15, -0.1) is 0 Å². The summed E-state index contributed by atoms with van der Waals surface area (Å²) < 4.78 is 0. The van der Waals surface area contributed by atoms with Crippen LogP contribution in [0.2, 0.25) is 0 Å². The second kappa shape index (κ2) is 6.14. The van der Waals surface area contributed by atoms with Crippen molar-refractivity contribution in [2.75, 3.05) is 16.8 Å². The molecule has 1 fully saturated rings. The molecule has 0 aliphatic heterocycles. The van der Waals surface area contributed by atoms with E-state index in [9.17, 15) is 10.1 Å². The Hall–Kier alpha value is -1.43. The summed E-state index contributed by atoms with van der Waals surface area (Å²) in [6, 6.07) is 5.30. The standard InChI is InChI=1S/C13H19N3O2S/c1-2-19-13-5-3-4-11(13)15-9-6-7-12(16(17)18)10(14)8-9/h6-8,11,13,15H,2-5,14H2,1H3. The Kier molecular flexibility index (Phi) is 4.52. The zero-order chi connectivity index (χ0) is 13.8. The highest BCUT2D eigenvalue weighted by Crippen LogP contribution is 2.33. The molecule has 0 heterocycles. The van der Waals surface area contributed by atoms with Crippen LogP contribution in [0.15, 0.2) is 18.2 Å². The first-order valence-electron chi connectivity index (χ1n) is 6.54. The summed E-state index contributed by atoms with van der Waals surface area (Å²) in [6.45, 7) is 2.17. The quantitative estimate of drug-likeness (QED) is 0.492. The van der Waals surface area contributed by atoms with Crippen LogP contribution in [0.5, 0.6) is 0 Å². The number of nitro benzene ring substituents is 1. The summed E-state index contributed by atoms with van der Waals surface area (Å²) in [7, 11) is 0. The number of nitrogen functional groups attached to an aromatic ring is 1. The number of nitrogens with one attached hydrogen (secondary N) is 1. The third-order valence-electron chi connectivity index (χ3n) is 3.41. The second-order valence-electron chi connectivity index (χ2n) is 4.71. The molecular formula is C13H19N3O2S. The smallest absolute Gasteiger partial charge is 0.292 e. The van der Waals surface area contributed by atoms with Gasteiger partial charge in [-0.05, 0) is 30.7 Å². The van der Waals surface area contributed by atoms with Crippen LogP contribution in [-0.2, 0) is 0 Å². The van der Waals surface area contributed by atoms with Crippen LogP contribution in [0.1, 0.15) is 26.2 Å². The van der Waals surface area contributed by atoms with Crippen LogP contribution in [0.3, 0.4) is 0 Å². The Morgan fingerprint density at radius 2 is 2.32 bits per heavy atom. The zero-order valence-electron chi connectivity index (χ0n) is 11.0. The molecule has 0 spiro atoms. The fourth-order valence-corrected chi connectivity index (χ4v) is 3.73. The lowest BCUT2D eigenvalue weighted by molar-refractivity contribution is -0.383. The van der Waals surface area contributed by atoms with E-state index >= 15 is 0 Å². The van der Waals surface area contributed by atoms with E-state index in [4.69, 9.17) is 5.73 Å². The van der Waals surface area contributed by atoms with Gasteiger partial charge < -0.3 is 11.1 Å². The largest absolute Gasteiger partial charge is 0.393 e. The van der Waals surface area contributed by atoms with E-state index in [2.05, 4.69) is 12.2 Å². The van der Waals surface area contributed by atoms with Gasteiger partial charge in [-0.25, -0.2) is 0 Å². The predicted octanol–water partition coefficient (Wildman–Crippen LogP) is 3.26. The van der Waals surface area contributed by atoms with E-state index in [1.165, 1.54) is 18.9 Å². The average Bonchev–Trinajstić information content (AvgIpc) is 2.77. The van der Waals surface area contributed by atoms with Crippen LogP contribution in [-0.4, -0.2) is 22.0 Å².